The monoisotopic (exact) mass is 1090 g/mol. The lowest BCUT2D eigenvalue weighted by Gasteiger charge is -2.30. The van der Waals surface area contributed by atoms with Gasteiger partial charge >= 0.3 is 5.97 Å². The normalized spacial score (nSPS) is 13.9. The summed E-state index contributed by atoms with van der Waals surface area (Å²) in [5.74, 6) is -0.609. The first kappa shape index (κ1) is 74.0. The number of hydrogen-bond acceptors (Lipinski definition) is 7. The van der Waals surface area contributed by atoms with Crippen molar-refractivity contribution in [3.63, 3.8) is 0 Å². The zero-order valence-corrected chi connectivity index (χ0v) is 51.9. The van der Waals surface area contributed by atoms with Gasteiger partial charge in [0.25, 0.3) is 7.82 Å². The van der Waals surface area contributed by atoms with Crippen LogP contribution in [0.2, 0.25) is 0 Å². The van der Waals surface area contributed by atoms with Gasteiger partial charge in [-0.05, 0) is 76.7 Å². The molecular weight excluding hydrogens is 964 g/mol. The van der Waals surface area contributed by atoms with Crippen molar-refractivity contribution in [2.75, 3.05) is 40.9 Å². The lowest BCUT2D eigenvalue weighted by Crippen LogP contribution is -2.47. The number of unbranched alkanes of at least 4 members (excludes halogenated alkanes) is 37. The molecule has 3 unspecified atom stereocenters. The van der Waals surface area contributed by atoms with Crippen molar-refractivity contribution in [3.05, 3.63) is 48.6 Å². The van der Waals surface area contributed by atoms with Gasteiger partial charge in [0, 0.05) is 12.8 Å². The fourth-order valence-corrected chi connectivity index (χ4v) is 10.2. The molecule has 0 fully saturated rings. The smallest absolute Gasteiger partial charge is 0.306 e. The Morgan fingerprint density at radius 2 is 0.816 bits per heavy atom. The lowest BCUT2D eigenvalue weighted by atomic mass is 10.0. The highest BCUT2D eigenvalue weighted by Crippen LogP contribution is 2.38. The maximum absolute atomic E-state index is 13.5. The number of quaternary nitrogens is 1. The van der Waals surface area contributed by atoms with Gasteiger partial charge in [-0.15, -0.1) is 0 Å². The summed E-state index contributed by atoms with van der Waals surface area (Å²) in [4.78, 5) is 39.9. The van der Waals surface area contributed by atoms with E-state index in [1.54, 1.807) is 0 Å². The van der Waals surface area contributed by atoms with E-state index < -0.39 is 32.5 Å². The minimum absolute atomic E-state index is 0.0287. The van der Waals surface area contributed by atoms with E-state index >= 15 is 0 Å². The predicted octanol–water partition coefficient (Wildman–Crippen LogP) is 19.4. The maximum Gasteiger partial charge on any atom is 0.306 e. The second-order valence-electron chi connectivity index (χ2n) is 23.3. The van der Waals surface area contributed by atoms with E-state index in [2.05, 4.69) is 56.5 Å². The van der Waals surface area contributed by atoms with E-state index in [0.29, 0.717) is 23.9 Å². The molecule has 0 aliphatic heterocycles. The first-order chi connectivity index (χ1) is 36.9. The number of nitrogens with zero attached hydrogens (tertiary/aromatic N) is 1. The summed E-state index contributed by atoms with van der Waals surface area (Å²) in [5.41, 5.74) is 0. The van der Waals surface area contributed by atoms with Gasteiger partial charge in [0.05, 0.1) is 33.8 Å². The summed E-state index contributed by atoms with van der Waals surface area (Å²) in [6.07, 6.45) is 69.6. The molecule has 0 saturated carbocycles. The Labute approximate surface area is 471 Å². The van der Waals surface area contributed by atoms with Crippen LogP contribution in [-0.4, -0.2) is 69.4 Å². The number of phosphoric ester groups is 1. The third-order valence-electron chi connectivity index (χ3n) is 14.5. The fraction of sp³-hybridized carbons (Fsp3) is 0.848. The van der Waals surface area contributed by atoms with E-state index in [0.717, 1.165) is 51.4 Å². The van der Waals surface area contributed by atoms with Crippen molar-refractivity contribution in [1.29, 1.82) is 0 Å². The number of carbonyl (C=O) groups excluding carboxylic acids is 2. The Morgan fingerprint density at radius 1 is 0.461 bits per heavy atom. The van der Waals surface area contributed by atoms with Gasteiger partial charge < -0.3 is 28.5 Å². The zero-order valence-electron chi connectivity index (χ0n) is 51.0. The topological polar surface area (TPSA) is 114 Å². The summed E-state index contributed by atoms with van der Waals surface area (Å²) >= 11 is 0. The van der Waals surface area contributed by atoms with Crippen molar-refractivity contribution in [2.45, 2.75) is 322 Å². The number of rotatable bonds is 59. The maximum atomic E-state index is 13.5. The molecule has 0 aromatic heterocycles. The molecule has 0 aromatic carbocycles. The molecule has 0 aliphatic rings. The van der Waals surface area contributed by atoms with Crippen LogP contribution in [0, 0.1) is 0 Å². The van der Waals surface area contributed by atoms with Gasteiger partial charge in [-0.25, -0.2) is 0 Å². The second kappa shape index (κ2) is 56.3. The highest BCUT2D eigenvalue weighted by Gasteiger charge is 2.27. The fourth-order valence-electron chi connectivity index (χ4n) is 9.45. The van der Waals surface area contributed by atoms with Crippen LogP contribution < -0.4 is 10.2 Å². The van der Waals surface area contributed by atoms with Crippen molar-refractivity contribution >= 4 is 19.7 Å². The summed E-state index contributed by atoms with van der Waals surface area (Å²) in [6, 6.07) is -0.908. The van der Waals surface area contributed by atoms with E-state index in [4.69, 9.17) is 13.8 Å². The van der Waals surface area contributed by atoms with Crippen LogP contribution in [-0.2, 0) is 27.9 Å². The summed E-state index contributed by atoms with van der Waals surface area (Å²) in [6.45, 7) is 6.82. The van der Waals surface area contributed by atoms with Gasteiger partial charge in [0.2, 0.25) is 5.91 Å². The number of ether oxygens (including phenoxy) is 1. The molecule has 0 rings (SSSR count). The average Bonchev–Trinajstić information content (AvgIpc) is 3.38. The molecule has 446 valence electrons. The van der Waals surface area contributed by atoms with Crippen LogP contribution in [0.3, 0.4) is 0 Å². The molecule has 0 radical (unpaired) electrons. The van der Waals surface area contributed by atoms with Gasteiger partial charge in [0.1, 0.15) is 19.3 Å². The zero-order chi connectivity index (χ0) is 55.7. The molecule has 1 N–H and O–H groups in total. The number of phosphoric acid groups is 1. The van der Waals surface area contributed by atoms with Crippen LogP contribution in [0.15, 0.2) is 48.6 Å². The Kier molecular flexibility index (Phi) is 54.7. The van der Waals surface area contributed by atoms with E-state index in [1.807, 2.05) is 39.4 Å². The molecule has 0 spiro atoms. The number of esters is 1. The highest BCUT2D eigenvalue weighted by molar-refractivity contribution is 7.45. The summed E-state index contributed by atoms with van der Waals surface area (Å²) in [5, 5.41) is 3.02. The molecule has 0 aromatic rings. The van der Waals surface area contributed by atoms with Crippen LogP contribution >= 0.6 is 7.82 Å². The molecular formula is C66H125N2O7P. The molecule has 0 bridgehead atoms. The Morgan fingerprint density at radius 3 is 1.22 bits per heavy atom. The molecule has 0 saturated heterocycles. The van der Waals surface area contributed by atoms with Crippen molar-refractivity contribution in [1.82, 2.24) is 5.32 Å². The highest BCUT2D eigenvalue weighted by atomic mass is 31.2. The quantitative estimate of drug-likeness (QED) is 0.0212. The standard InChI is InChI=1S/C66H125N2O7P/c1-7-10-13-16-19-22-25-28-29-30-31-32-33-34-35-36-37-38-39-41-43-46-49-52-55-58-65(69)67-63(62-74-76(71,72)73-61-60-68(4,5)6)64(57-54-51-48-45-42-27-24-21-18-15-12-9-3)75-66(70)59-56-53-50-47-44-40-26-23-20-17-14-11-8-2/h28-29,40,44,50,53-54,57,63-64H,7-27,30-39,41-43,45-49,51-52,55-56,58-62H2,1-6H3,(H-,67,69,71,72)/b29-28+,44-40-,53-50+,57-54-. The molecule has 10 heteroatoms. The lowest BCUT2D eigenvalue weighted by molar-refractivity contribution is -0.870. The molecule has 76 heavy (non-hydrogen) atoms. The van der Waals surface area contributed by atoms with E-state index in [1.165, 1.54) is 218 Å². The van der Waals surface area contributed by atoms with Crippen molar-refractivity contribution in [2.24, 2.45) is 0 Å². The molecule has 0 aliphatic carbocycles. The number of carbonyl (C=O) groups is 2. The average molecular weight is 1090 g/mol. The number of nitrogens with one attached hydrogen (secondary N) is 1. The number of likely N-dealkylation sites (N-methyl/N-ethyl adjacent to an activating group) is 1. The Bertz CT molecular complexity index is 1440. The van der Waals surface area contributed by atoms with E-state index in [9.17, 15) is 19.0 Å². The van der Waals surface area contributed by atoms with Gasteiger partial charge in [0.15, 0.2) is 0 Å². The first-order valence-corrected chi connectivity index (χ1v) is 33.9. The number of hydrogen-bond donors (Lipinski definition) is 1. The Balaban J connectivity index is 5.09. The Hall–Kier alpha value is -2.03. The minimum atomic E-state index is -4.71. The SMILES string of the molecule is CCCCCCCC/C=C\C/C=C/CCC(=O)OC(/C=C\CCCCCCCCCCCC)C(COP(=O)([O-])OCC[N+](C)(C)C)NC(=O)CCCCCCCCCCCCCCCCC/C=C/CCCCCCCC. The van der Waals surface area contributed by atoms with Crippen LogP contribution in [0.1, 0.15) is 310 Å². The van der Waals surface area contributed by atoms with Crippen molar-refractivity contribution in [3.8, 4) is 0 Å². The molecule has 3 atom stereocenters. The van der Waals surface area contributed by atoms with Crippen molar-refractivity contribution < 1.29 is 37.3 Å². The second-order valence-corrected chi connectivity index (χ2v) is 24.7. The summed E-state index contributed by atoms with van der Waals surface area (Å²) in [7, 11) is 1.17. The summed E-state index contributed by atoms with van der Waals surface area (Å²) < 4.78 is 30.2. The number of allylic oxidation sites excluding steroid dienone is 7. The molecule has 1 amide bonds. The molecule has 9 nitrogen and oxygen atoms in total. The number of amides is 1. The van der Waals surface area contributed by atoms with E-state index in [-0.39, 0.29) is 18.9 Å². The molecule has 0 heterocycles. The third kappa shape index (κ3) is 56.7. The van der Waals surface area contributed by atoms with Crippen LogP contribution in [0.4, 0.5) is 0 Å². The van der Waals surface area contributed by atoms with Crippen LogP contribution in [0.25, 0.3) is 0 Å². The third-order valence-corrected chi connectivity index (χ3v) is 15.5. The van der Waals surface area contributed by atoms with Gasteiger partial charge in [-0.2, -0.15) is 0 Å². The largest absolute Gasteiger partial charge is 0.756 e. The van der Waals surface area contributed by atoms with Crippen LogP contribution in [0.5, 0.6) is 0 Å². The van der Waals surface area contributed by atoms with Gasteiger partial charge in [-0.3, -0.25) is 14.2 Å². The minimum Gasteiger partial charge on any atom is -0.756 e. The first-order valence-electron chi connectivity index (χ1n) is 32.4. The predicted molar refractivity (Wildman–Crippen MR) is 326 cm³/mol. The van der Waals surface area contributed by atoms with Gasteiger partial charge in [-0.1, -0.05) is 269 Å².